The van der Waals surface area contributed by atoms with E-state index in [-0.39, 0.29) is 35.0 Å². The molecular weight excluding hydrogens is 369 g/mol. The molecule has 1 fully saturated rings. The third-order valence-electron chi connectivity index (χ3n) is 3.94. The number of nitrogens with zero attached hydrogens (tertiary/aromatic N) is 1. The molecular formula is C17H19Cl2NO5. The van der Waals surface area contributed by atoms with Crippen LogP contribution in [0.15, 0.2) is 18.2 Å². The van der Waals surface area contributed by atoms with Crippen LogP contribution in [0.2, 0.25) is 10.0 Å². The fourth-order valence-corrected chi connectivity index (χ4v) is 2.94. The van der Waals surface area contributed by atoms with E-state index in [9.17, 15) is 14.4 Å². The van der Waals surface area contributed by atoms with E-state index in [0.29, 0.717) is 37.6 Å². The van der Waals surface area contributed by atoms with Gasteiger partial charge in [0, 0.05) is 18.1 Å². The second-order valence-corrected chi connectivity index (χ2v) is 6.45. The lowest BCUT2D eigenvalue weighted by Gasteiger charge is -2.30. The molecule has 0 saturated carbocycles. The standard InChI is InChI=1S/C17H19Cl2NO5/c1-2-24-16(22)11-5-7-20(8-6-11)15(21)10-25-17(23)13-9-12(18)3-4-14(13)19/h3-4,9,11H,2,5-8,10H2,1H3. The predicted octanol–water partition coefficient (Wildman–Crippen LogP) is 2.95. The zero-order valence-electron chi connectivity index (χ0n) is 13.8. The van der Waals surface area contributed by atoms with Gasteiger partial charge in [-0.25, -0.2) is 4.79 Å². The molecule has 1 amide bonds. The Balaban J connectivity index is 1.82. The molecule has 0 unspecified atom stereocenters. The third kappa shape index (κ3) is 5.34. The Morgan fingerprint density at radius 3 is 2.48 bits per heavy atom. The number of carbonyl (C=O) groups is 3. The summed E-state index contributed by atoms with van der Waals surface area (Å²) >= 11 is 11.8. The van der Waals surface area contributed by atoms with Crippen LogP contribution in [0.4, 0.5) is 0 Å². The molecule has 0 bridgehead atoms. The lowest BCUT2D eigenvalue weighted by atomic mass is 9.97. The Hall–Kier alpha value is -1.79. The lowest BCUT2D eigenvalue weighted by molar-refractivity contribution is -0.151. The third-order valence-corrected chi connectivity index (χ3v) is 4.51. The highest BCUT2D eigenvalue weighted by Gasteiger charge is 2.28. The Morgan fingerprint density at radius 1 is 1.16 bits per heavy atom. The quantitative estimate of drug-likeness (QED) is 0.726. The van der Waals surface area contributed by atoms with Gasteiger partial charge in [0.05, 0.1) is 23.1 Å². The summed E-state index contributed by atoms with van der Waals surface area (Å²) < 4.78 is 10.0. The molecule has 1 aromatic rings. The van der Waals surface area contributed by atoms with E-state index in [1.807, 2.05) is 0 Å². The van der Waals surface area contributed by atoms with Crippen molar-refractivity contribution in [3.8, 4) is 0 Å². The van der Waals surface area contributed by atoms with Crippen molar-refractivity contribution in [1.29, 1.82) is 0 Å². The smallest absolute Gasteiger partial charge is 0.340 e. The van der Waals surface area contributed by atoms with E-state index >= 15 is 0 Å². The van der Waals surface area contributed by atoms with Gasteiger partial charge in [-0.05, 0) is 38.0 Å². The predicted molar refractivity (Wildman–Crippen MR) is 92.7 cm³/mol. The minimum absolute atomic E-state index is 0.114. The van der Waals surface area contributed by atoms with Gasteiger partial charge in [0.15, 0.2) is 6.61 Å². The number of hydrogen-bond donors (Lipinski definition) is 0. The Morgan fingerprint density at radius 2 is 1.84 bits per heavy atom. The molecule has 6 nitrogen and oxygen atoms in total. The van der Waals surface area contributed by atoms with Crippen LogP contribution in [-0.4, -0.2) is 49.0 Å². The van der Waals surface area contributed by atoms with Crippen LogP contribution in [0.1, 0.15) is 30.1 Å². The molecule has 0 spiro atoms. The number of piperidine rings is 1. The molecule has 136 valence electrons. The van der Waals surface area contributed by atoms with Crippen LogP contribution in [0.3, 0.4) is 0 Å². The maximum Gasteiger partial charge on any atom is 0.340 e. The van der Waals surface area contributed by atoms with Gasteiger partial charge >= 0.3 is 11.9 Å². The van der Waals surface area contributed by atoms with E-state index in [1.54, 1.807) is 17.9 Å². The summed E-state index contributed by atoms with van der Waals surface area (Å²) in [6, 6.07) is 4.43. The molecule has 0 aliphatic carbocycles. The van der Waals surface area contributed by atoms with E-state index in [4.69, 9.17) is 32.7 Å². The number of esters is 2. The summed E-state index contributed by atoms with van der Waals surface area (Å²) in [4.78, 5) is 37.4. The topological polar surface area (TPSA) is 72.9 Å². The zero-order chi connectivity index (χ0) is 18.4. The van der Waals surface area contributed by atoms with E-state index in [0.717, 1.165) is 0 Å². The normalized spacial score (nSPS) is 14.9. The number of halogens is 2. The molecule has 1 aliphatic rings. The lowest BCUT2D eigenvalue weighted by Crippen LogP contribution is -2.42. The fourth-order valence-electron chi connectivity index (χ4n) is 2.57. The highest BCUT2D eigenvalue weighted by atomic mass is 35.5. The molecule has 25 heavy (non-hydrogen) atoms. The number of hydrogen-bond acceptors (Lipinski definition) is 5. The van der Waals surface area contributed by atoms with Gasteiger partial charge < -0.3 is 14.4 Å². The van der Waals surface area contributed by atoms with Crippen molar-refractivity contribution in [3.63, 3.8) is 0 Å². The van der Waals surface area contributed by atoms with Crippen molar-refractivity contribution in [2.24, 2.45) is 5.92 Å². The minimum atomic E-state index is -0.706. The number of likely N-dealkylation sites (tertiary alicyclic amines) is 1. The van der Waals surface area contributed by atoms with Gasteiger partial charge in [0.25, 0.3) is 5.91 Å². The molecule has 0 aromatic heterocycles. The van der Waals surface area contributed by atoms with Crippen molar-refractivity contribution in [3.05, 3.63) is 33.8 Å². The van der Waals surface area contributed by atoms with Crippen LogP contribution < -0.4 is 0 Å². The van der Waals surface area contributed by atoms with E-state index < -0.39 is 5.97 Å². The first-order valence-corrected chi connectivity index (χ1v) is 8.74. The summed E-state index contributed by atoms with van der Waals surface area (Å²) in [7, 11) is 0. The minimum Gasteiger partial charge on any atom is -0.466 e. The Kier molecular flexibility index (Phi) is 7.08. The van der Waals surface area contributed by atoms with Crippen LogP contribution in [-0.2, 0) is 19.1 Å². The summed E-state index contributed by atoms with van der Waals surface area (Å²) in [6.45, 7) is 2.58. The SMILES string of the molecule is CCOC(=O)C1CCN(C(=O)COC(=O)c2cc(Cl)ccc2Cl)CC1. The number of ether oxygens (including phenoxy) is 2. The van der Waals surface area contributed by atoms with Gasteiger partial charge in [0.2, 0.25) is 0 Å². The van der Waals surface area contributed by atoms with Gasteiger partial charge in [-0.15, -0.1) is 0 Å². The molecule has 0 atom stereocenters. The number of rotatable bonds is 5. The van der Waals surface area contributed by atoms with Gasteiger partial charge in [0.1, 0.15) is 0 Å². The maximum atomic E-state index is 12.2. The highest BCUT2D eigenvalue weighted by molar-refractivity contribution is 6.35. The number of amides is 1. The van der Waals surface area contributed by atoms with Crippen LogP contribution in [0.5, 0.6) is 0 Å². The maximum absolute atomic E-state index is 12.2. The van der Waals surface area contributed by atoms with Crippen molar-refractivity contribution in [2.45, 2.75) is 19.8 Å². The molecule has 0 radical (unpaired) electrons. The first kappa shape index (κ1) is 19.5. The molecule has 2 rings (SSSR count). The van der Waals surface area contributed by atoms with Crippen LogP contribution in [0.25, 0.3) is 0 Å². The fraction of sp³-hybridized carbons (Fsp3) is 0.471. The summed E-state index contributed by atoms with van der Waals surface area (Å²) in [5.41, 5.74) is 0.114. The van der Waals surface area contributed by atoms with Crippen molar-refractivity contribution in [2.75, 3.05) is 26.3 Å². The largest absolute Gasteiger partial charge is 0.466 e. The van der Waals surface area contributed by atoms with Crippen LogP contribution in [0, 0.1) is 5.92 Å². The molecule has 1 aliphatic heterocycles. The molecule has 0 N–H and O–H groups in total. The second-order valence-electron chi connectivity index (χ2n) is 5.61. The second kappa shape index (κ2) is 9.06. The molecule has 8 heteroatoms. The van der Waals surface area contributed by atoms with Crippen molar-refractivity contribution >= 4 is 41.0 Å². The summed E-state index contributed by atoms with van der Waals surface area (Å²) in [6.07, 6.45) is 1.08. The molecule has 1 saturated heterocycles. The number of benzene rings is 1. The summed E-state index contributed by atoms with van der Waals surface area (Å²) in [5, 5.41) is 0.556. The average Bonchev–Trinajstić information content (AvgIpc) is 2.61. The van der Waals surface area contributed by atoms with Crippen LogP contribution >= 0.6 is 23.2 Å². The average molecular weight is 388 g/mol. The first-order chi connectivity index (χ1) is 11.9. The highest BCUT2D eigenvalue weighted by Crippen LogP contribution is 2.22. The van der Waals surface area contributed by atoms with Gasteiger partial charge in [-0.3, -0.25) is 9.59 Å². The monoisotopic (exact) mass is 387 g/mol. The van der Waals surface area contributed by atoms with Gasteiger partial charge in [-0.2, -0.15) is 0 Å². The summed E-state index contributed by atoms with van der Waals surface area (Å²) in [5.74, 6) is -1.43. The first-order valence-electron chi connectivity index (χ1n) is 7.99. The zero-order valence-corrected chi connectivity index (χ0v) is 15.3. The molecule has 1 aromatic carbocycles. The van der Waals surface area contributed by atoms with E-state index in [2.05, 4.69) is 0 Å². The number of carbonyl (C=O) groups excluding carboxylic acids is 3. The Bertz CT molecular complexity index is 656. The van der Waals surface area contributed by atoms with Gasteiger partial charge in [-0.1, -0.05) is 23.2 Å². The molecule has 1 heterocycles. The van der Waals surface area contributed by atoms with E-state index in [1.165, 1.54) is 12.1 Å². The van der Waals surface area contributed by atoms with Crippen molar-refractivity contribution < 1.29 is 23.9 Å². The Labute approximate surface area is 156 Å². The van der Waals surface area contributed by atoms with Crippen molar-refractivity contribution in [1.82, 2.24) is 4.90 Å².